The Morgan fingerprint density at radius 2 is 2.07 bits per heavy atom. The molecule has 7 nitrogen and oxygen atoms in total. The van der Waals surface area contributed by atoms with Crippen molar-refractivity contribution in [2.45, 2.75) is 25.6 Å². The number of pyridine rings is 1. The highest BCUT2D eigenvalue weighted by atomic mass is 19.4. The lowest BCUT2D eigenvalue weighted by atomic mass is 10.1. The number of aromatic nitrogens is 2. The number of halogens is 3. The van der Waals surface area contributed by atoms with Crippen molar-refractivity contribution in [1.82, 2.24) is 19.8 Å². The van der Waals surface area contributed by atoms with Gasteiger partial charge >= 0.3 is 12.2 Å². The van der Waals surface area contributed by atoms with Crippen LogP contribution in [0.1, 0.15) is 24.9 Å². The van der Waals surface area contributed by atoms with E-state index in [2.05, 4.69) is 10.3 Å². The van der Waals surface area contributed by atoms with Gasteiger partial charge < -0.3 is 15.8 Å². The second-order valence-electron chi connectivity index (χ2n) is 6.83. The van der Waals surface area contributed by atoms with E-state index >= 15 is 0 Å². The maximum atomic E-state index is 12.2. The molecule has 0 saturated carbocycles. The van der Waals surface area contributed by atoms with E-state index < -0.39 is 18.8 Å². The number of rotatable bonds is 6. The zero-order chi connectivity index (χ0) is 21.9. The molecule has 2 heterocycles. The van der Waals surface area contributed by atoms with Gasteiger partial charge in [-0.15, -0.1) is 0 Å². The van der Waals surface area contributed by atoms with Crippen molar-refractivity contribution in [3.05, 3.63) is 54.4 Å². The van der Waals surface area contributed by atoms with Gasteiger partial charge in [0.05, 0.1) is 17.9 Å². The number of fused-ring (bicyclic) bond motifs is 1. The summed E-state index contributed by atoms with van der Waals surface area (Å²) >= 11 is 0. The van der Waals surface area contributed by atoms with Crippen molar-refractivity contribution in [2.24, 2.45) is 0 Å². The number of hydrogen-bond acceptors (Lipinski definition) is 4. The summed E-state index contributed by atoms with van der Waals surface area (Å²) in [6, 6.07) is 9.43. The smallest absolute Gasteiger partial charge is 0.329 e. The Morgan fingerprint density at radius 3 is 2.73 bits per heavy atom. The number of hydrogen-bond donors (Lipinski definition) is 3. The van der Waals surface area contributed by atoms with E-state index in [1.165, 1.54) is 0 Å². The van der Waals surface area contributed by atoms with Gasteiger partial charge in [-0.2, -0.15) is 18.2 Å². The zero-order valence-corrected chi connectivity index (χ0v) is 16.4. The molecule has 1 unspecified atom stereocenters. The van der Waals surface area contributed by atoms with Crippen molar-refractivity contribution >= 4 is 17.4 Å². The third kappa shape index (κ3) is 5.08. The molecule has 10 heteroatoms. The van der Waals surface area contributed by atoms with Crippen molar-refractivity contribution in [3.8, 4) is 11.3 Å². The third-order valence-corrected chi connectivity index (χ3v) is 4.63. The molecule has 30 heavy (non-hydrogen) atoms. The molecule has 3 rings (SSSR count). The highest BCUT2D eigenvalue weighted by Gasteiger charge is 2.27. The first-order chi connectivity index (χ1) is 14.2. The molecule has 2 aromatic heterocycles. The Morgan fingerprint density at radius 1 is 1.30 bits per heavy atom. The minimum Gasteiger partial charge on any atom is -0.329 e. The number of anilines is 1. The average Bonchev–Trinajstić information content (AvgIpc) is 3.10. The van der Waals surface area contributed by atoms with E-state index in [0.29, 0.717) is 11.3 Å². The van der Waals surface area contributed by atoms with Crippen LogP contribution < -0.4 is 10.6 Å². The van der Waals surface area contributed by atoms with Gasteiger partial charge in [-0.05, 0) is 36.2 Å². The standard InChI is InChI=1S/C20H22F3N5O2/c1-3-16(27(2)30)14-7-8-28-17(11-24-18(28)10-14)13-5-4-6-15(9-13)26-19(29)25-12-20(21,22)23/h4-11,16,30H,3,12H2,1-2H3,(H2,25,26,29). The van der Waals surface area contributed by atoms with Crippen molar-refractivity contribution in [1.29, 1.82) is 0 Å². The first-order valence-corrected chi connectivity index (χ1v) is 9.28. The number of nitrogens with one attached hydrogen (secondary N) is 2. The quantitative estimate of drug-likeness (QED) is 0.514. The molecule has 3 aromatic rings. The van der Waals surface area contributed by atoms with E-state index in [1.54, 1.807) is 36.8 Å². The van der Waals surface area contributed by atoms with Crippen molar-refractivity contribution < 1.29 is 23.2 Å². The summed E-state index contributed by atoms with van der Waals surface area (Å²) in [5.41, 5.74) is 3.44. The fourth-order valence-corrected chi connectivity index (χ4v) is 3.24. The van der Waals surface area contributed by atoms with Crippen molar-refractivity contribution in [2.75, 3.05) is 18.9 Å². The van der Waals surface area contributed by atoms with Gasteiger partial charge in [0, 0.05) is 24.5 Å². The molecule has 0 bridgehead atoms. The summed E-state index contributed by atoms with van der Waals surface area (Å²) in [7, 11) is 1.60. The van der Waals surface area contributed by atoms with Crippen LogP contribution in [0.2, 0.25) is 0 Å². The molecule has 160 valence electrons. The number of imidazole rings is 1. The summed E-state index contributed by atoms with van der Waals surface area (Å²) in [5.74, 6) is 0. The van der Waals surface area contributed by atoms with Crippen LogP contribution >= 0.6 is 0 Å². The van der Waals surface area contributed by atoms with Crippen LogP contribution in [0.5, 0.6) is 0 Å². The van der Waals surface area contributed by atoms with Gasteiger partial charge in [-0.3, -0.25) is 4.40 Å². The second kappa shape index (κ2) is 8.72. The van der Waals surface area contributed by atoms with E-state index in [-0.39, 0.29) is 6.04 Å². The molecule has 3 N–H and O–H groups in total. The fourth-order valence-electron chi connectivity index (χ4n) is 3.24. The summed E-state index contributed by atoms with van der Waals surface area (Å²) in [5, 5.41) is 15.1. The highest BCUT2D eigenvalue weighted by Crippen LogP contribution is 2.27. The number of nitrogens with zero attached hydrogens (tertiary/aromatic N) is 3. The molecule has 0 fully saturated rings. The Labute approximate surface area is 171 Å². The SMILES string of the molecule is CCC(c1ccn2c(-c3cccc(NC(=O)NCC(F)(F)F)c3)cnc2c1)N(C)O. The Hall–Kier alpha value is -3.11. The minimum atomic E-state index is -4.48. The Balaban J connectivity index is 1.82. The van der Waals surface area contributed by atoms with Gasteiger partial charge in [0.2, 0.25) is 0 Å². The maximum Gasteiger partial charge on any atom is 0.405 e. The number of carbonyl (C=O) groups excluding carboxylic acids is 1. The number of amides is 2. The van der Waals surface area contributed by atoms with Crippen LogP contribution in [0.25, 0.3) is 16.9 Å². The number of urea groups is 1. The van der Waals surface area contributed by atoms with Gasteiger partial charge in [-0.25, -0.2) is 9.78 Å². The van der Waals surface area contributed by atoms with Crippen LogP contribution in [0.3, 0.4) is 0 Å². The van der Waals surface area contributed by atoms with Gasteiger partial charge in [-0.1, -0.05) is 19.1 Å². The molecule has 0 radical (unpaired) electrons. The average molecular weight is 421 g/mol. The molecular weight excluding hydrogens is 399 g/mol. The molecule has 0 aliphatic heterocycles. The second-order valence-corrected chi connectivity index (χ2v) is 6.83. The lowest BCUT2D eigenvalue weighted by molar-refractivity contribution is -0.122. The van der Waals surface area contributed by atoms with E-state index in [0.717, 1.165) is 28.3 Å². The zero-order valence-electron chi connectivity index (χ0n) is 16.4. The van der Waals surface area contributed by atoms with E-state index in [1.807, 2.05) is 35.7 Å². The van der Waals surface area contributed by atoms with Crippen LogP contribution in [-0.2, 0) is 0 Å². The van der Waals surface area contributed by atoms with E-state index in [4.69, 9.17) is 0 Å². The number of carbonyl (C=O) groups is 1. The van der Waals surface area contributed by atoms with Crippen LogP contribution in [0.4, 0.5) is 23.7 Å². The third-order valence-electron chi connectivity index (χ3n) is 4.63. The lowest BCUT2D eigenvalue weighted by Gasteiger charge is -2.21. The molecule has 1 aromatic carbocycles. The normalized spacial score (nSPS) is 12.9. The molecule has 0 spiro atoms. The molecular formula is C20H22F3N5O2. The molecule has 0 saturated heterocycles. The molecule has 2 amide bonds. The van der Waals surface area contributed by atoms with Crippen LogP contribution in [0.15, 0.2) is 48.8 Å². The fraction of sp³-hybridized carbons (Fsp3) is 0.300. The largest absolute Gasteiger partial charge is 0.405 e. The predicted molar refractivity (Wildman–Crippen MR) is 106 cm³/mol. The monoisotopic (exact) mass is 421 g/mol. The van der Waals surface area contributed by atoms with Gasteiger partial charge in [0.1, 0.15) is 12.2 Å². The van der Waals surface area contributed by atoms with Gasteiger partial charge in [0.25, 0.3) is 0 Å². The summed E-state index contributed by atoms with van der Waals surface area (Å²) in [6.45, 7) is 0.567. The lowest BCUT2D eigenvalue weighted by Crippen LogP contribution is -2.36. The van der Waals surface area contributed by atoms with E-state index in [9.17, 15) is 23.2 Å². The number of benzene rings is 1. The summed E-state index contributed by atoms with van der Waals surface area (Å²) in [6.07, 6.45) is -0.238. The highest BCUT2D eigenvalue weighted by molar-refractivity contribution is 5.90. The molecule has 0 aliphatic rings. The number of alkyl halides is 3. The Bertz CT molecular complexity index is 1030. The maximum absolute atomic E-state index is 12.2. The first-order valence-electron chi connectivity index (χ1n) is 9.28. The topological polar surface area (TPSA) is 81.9 Å². The molecule has 1 atom stereocenters. The molecule has 0 aliphatic carbocycles. The van der Waals surface area contributed by atoms with Gasteiger partial charge in [0.15, 0.2) is 0 Å². The van der Waals surface area contributed by atoms with Crippen LogP contribution in [0, 0.1) is 0 Å². The minimum absolute atomic E-state index is 0.155. The first kappa shape index (κ1) is 21.6. The van der Waals surface area contributed by atoms with Crippen molar-refractivity contribution in [3.63, 3.8) is 0 Å². The summed E-state index contributed by atoms with van der Waals surface area (Å²) in [4.78, 5) is 16.1. The summed E-state index contributed by atoms with van der Waals surface area (Å²) < 4.78 is 38.5. The Kier molecular flexibility index (Phi) is 6.28. The predicted octanol–water partition coefficient (Wildman–Crippen LogP) is 4.46. The van der Waals surface area contributed by atoms with Crippen LogP contribution in [-0.4, -0.2) is 45.5 Å². The number of hydroxylamine groups is 2.